The molecule has 1 fully saturated rings. The summed E-state index contributed by atoms with van der Waals surface area (Å²) < 4.78 is 35.8. The van der Waals surface area contributed by atoms with Gasteiger partial charge in [0.15, 0.2) is 17.3 Å². The Hall–Kier alpha value is -3.85. The van der Waals surface area contributed by atoms with Crippen molar-refractivity contribution in [2.24, 2.45) is 5.92 Å². The number of benzene rings is 2. The van der Waals surface area contributed by atoms with Gasteiger partial charge in [-0.15, -0.1) is 0 Å². The summed E-state index contributed by atoms with van der Waals surface area (Å²) in [5.41, 5.74) is 1.80. The third-order valence-corrected chi connectivity index (χ3v) is 6.80. The van der Waals surface area contributed by atoms with E-state index in [9.17, 15) is 14.0 Å². The van der Waals surface area contributed by atoms with Crippen molar-refractivity contribution in [1.29, 1.82) is 0 Å². The van der Waals surface area contributed by atoms with Crippen molar-refractivity contribution in [3.63, 3.8) is 0 Å². The summed E-state index contributed by atoms with van der Waals surface area (Å²) in [5.74, 6) is 1.29. The minimum atomic E-state index is -0.295. The Bertz CT molecular complexity index is 1270. The van der Waals surface area contributed by atoms with E-state index < -0.39 is 0 Å². The number of carbonyl (C=O) groups excluding carboxylic acids is 2. The zero-order valence-corrected chi connectivity index (χ0v) is 22.7. The summed E-state index contributed by atoms with van der Waals surface area (Å²) in [6, 6.07) is 15.7. The van der Waals surface area contributed by atoms with Crippen LogP contribution >= 0.6 is 0 Å². The minimum Gasteiger partial charge on any atom is -0.493 e. The van der Waals surface area contributed by atoms with Gasteiger partial charge < -0.3 is 23.5 Å². The number of rotatable bonds is 11. The minimum absolute atomic E-state index is 0.172. The number of hydrogen-bond donors (Lipinski definition) is 0. The van der Waals surface area contributed by atoms with Crippen LogP contribution in [-0.2, 0) is 29.2 Å². The molecule has 1 aliphatic heterocycles. The van der Waals surface area contributed by atoms with Crippen molar-refractivity contribution in [3.05, 3.63) is 83.1 Å². The van der Waals surface area contributed by atoms with Crippen LogP contribution in [0.2, 0.25) is 0 Å². The number of likely N-dealkylation sites (tertiary alicyclic amines) is 1. The lowest BCUT2D eigenvalue weighted by molar-refractivity contribution is -0.149. The summed E-state index contributed by atoms with van der Waals surface area (Å²) in [4.78, 5) is 28.9. The first kappa shape index (κ1) is 28.2. The third kappa shape index (κ3) is 7.38. The summed E-state index contributed by atoms with van der Waals surface area (Å²) >= 11 is 0. The number of nitrogens with zero attached hydrogens (tertiary/aromatic N) is 2. The third-order valence-electron chi connectivity index (χ3n) is 6.80. The normalized spacial score (nSPS) is 13.9. The summed E-state index contributed by atoms with van der Waals surface area (Å²) in [7, 11) is 3.18. The van der Waals surface area contributed by atoms with Gasteiger partial charge in [0.05, 0.1) is 33.3 Å². The molecule has 0 N–H and O–H groups in total. The summed E-state index contributed by atoms with van der Waals surface area (Å²) in [5, 5.41) is 0. The van der Waals surface area contributed by atoms with Crippen LogP contribution in [0, 0.1) is 11.7 Å². The van der Waals surface area contributed by atoms with Crippen LogP contribution in [0.25, 0.3) is 0 Å². The van der Waals surface area contributed by atoms with Crippen LogP contribution < -0.4 is 9.47 Å². The van der Waals surface area contributed by atoms with E-state index >= 15 is 0 Å². The van der Waals surface area contributed by atoms with Gasteiger partial charge in [-0.1, -0.05) is 18.2 Å². The molecule has 2 aromatic carbocycles. The number of methoxy groups -OCH3 is 2. The van der Waals surface area contributed by atoms with E-state index in [0.29, 0.717) is 69.4 Å². The zero-order valence-electron chi connectivity index (χ0n) is 22.7. The van der Waals surface area contributed by atoms with E-state index in [4.69, 9.17) is 18.6 Å². The number of furan rings is 1. The van der Waals surface area contributed by atoms with Crippen LogP contribution in [0.1, 0.15) is 47.2 Å². The quantitative estimate of drug-likeness (QED) is 0.316. The number of amides is 1. The predicted molar refractivity (Wildman–Crippen MR) is 143 cm³/mol. The molecule has 0 unspecified atom stereocenters. The molecule has 1 aliphatic rings. The van der Waals surface area contributed by atoms with Crippen LogP contribution in [0.3, 0.4) is 0 Å². The fourth-order valence-electron chi connectivity index (χ4n) is 4.83. The van der Waals surface area contributed by atoms with Crippen LogP contribution in [-0.4, -0.2) is 55.6 Å². The molecule has 0 aliphatic carbocycles. The van der Waals surface area contributed by atoms with Gasteiger partial charge >= 0.3 is 5.97 Å². The average Bonchev–Trinajstić information content (AvgIpc) is 3.41. The van der Waals surface area contributed by atoms with Crippen LogP contribution in [0.5, 0.6) is 11.5 Å². The molecule has 9 heteroatoms. The highest BCUT2D eigenvalue weighted by atomic mass is 19.1. The maximum absolute atomic E-state index is 13.9. The highest BCUT2D eigenvalue weighted by Crippen LogP contribution is 2.29. The van der Waals surface area contributed by atoms with Crippen molar-refractivity contribution < 1.29 is 32.6 Å². The highest BCUT2D eigenvalue weighted by Gasteiger charge is 2.30. The van der Waals surface area contributed by atoms with Gasteiger partial charge in [0.1, 0.15) is 11.6 Å². The number of carbonyl (C=O) groups is 2. The Morgan fingerprint density at radius 1 is 0.949 bits per heavy atom. The maximum Gasteiger partial charge on any atom is 0.309 e. The molecule has 1 amide bonds. The second-order valence-electron chi connectivity index (χ2n) is 9.55. The largest absolute Gasteiger partial charge is 0.493 e. The van der Waals surface area contributed by atoms with Crippen molar-refractivity contribution in [2.75, 3.05) is 33.9 Å². The van der Waals surface area contributed by atoms with E-state index in [1.165, 1.54) is 12.1 Å². The molecule has 8 nitrogen and oxygen atoms in total. The standard InChI is InChI=1S/C30H35FN2O6/c1-4-38-30(35)23-12-14-33(15-13-23)29(34)27-11-9-25(39-27)20-32(18-21-6-5-7-24(31)16-21)19-22-8-10-26(36-2)28(17-22)37-3/h5-11,16-17,23H,4,12-15,18-20H2,1-3H3. The van der Waals surface area contributed by atoms with Gasteiger partial charge in [-0.25, -0.2) is 4.39 Å². The van der Waals surface area contributed by atoms with E-state index in [1.807, 2.05) is 24.3 Å². The molecule has 39 heavy (non-hydrogen) atoms. The molecule has 1 saturated heterocycles. The molecule has 0 bridgehead atoms. The molecule has 0 atom stereocenters. The van der Waals surface area contributed by atoms with Gasteiger partial charge in [-0.2, -0.15) is 0 Å². The van der Waals surface area contributed by atoms with Crippen LogP contribution in [0.4, 0.5) is 4.39 Å². The number of hydrogen-bond acceptors (Lipinski definition) is 7. The van der Waals surface area contributed by atoms with Crippen molar-refractivity contribution in [2.45, 2.75) is 39.4 Å². The second-order valence-corrected chi connectivity index (χ2v) is 9.55. The van der Waals surface area contributed by atoms with Crippen LogP contribution in [0.15, 0.2) is 59.0 Å². The molecule has 3 aromatic rings. The van der Waals surface area contributed by atoms with Gasteiger partial charge in [-0.05, 0) is 67.3 Å². The van der Waals surface area contributed by atoms with E-state index in [0.717, 1.165) is 11.1 Å². The molecule has 0 spiro atoms. The SMILES string of the molecule is CCOC(=O)C1CCN(C(=O)c2ccc(CN(Cc3cccc(F)c3)Cc3ccc(OC)c(OC)c3)o2)CC1. The van der Waals surface area contributed by atoms with E-state index in [1.54, 1.807) is 44.2 Å². The fourth-order valence-corrected chi connectivity index (χ4v) is 4.83. The molecule has 208 valence electrons. The smallest absolute Gasteiger partial charge is 0.309 e. The molecular weight excluding hydrogens is 503 g/mol. The maximum atomic E-state index is 13.9. The first-order valence-electron chi connectivity index (χ1n) is 13.1. The molecule has 4 rings (SSSR count). The monoisotopic (exact) mass is 538 g/mol. The van der Waals surface area contributed by atoms with Gasteiger partial charge in [-0.3, -0.25) is 14.5 Å². The zero-order chi connectivity index (χ0) is 27.8. The molecule has 0 saturated carbocycles. The predicted octanol–water partition coefficient (Wildman–Crippen LogP) is 5.05. The Morgan fingerprint density at radius 2 is 1.67 bits per heavy atom. The van der Waals surface area contributed by atoms with Crippen molar-refractivity contribution in [1.82, 2.24) is 9.80 Å². The van der Waals surface area contributed by atoms with Gasteiger partial charge in [0.2, 0.25) is 0 Å². The Kier molecular flexibility index (Phi) is 9.59. The number of ether oxygens (including phenoxy) is 3. The molecule has 0 radical (unpaired) electrons. The molecular formula is C30H35FN2O6. The topological polar surface area (TPSA) is 81.5 Å². The Balaban J connectivity index is 1.45. The lowest BCUT2D eigenvalue weighted by Gasteiger charge is -2.30. The Morgan fingerprint density at radius 3 is 2.33 bits per heavy atom. The highest BCUT2D eigenvalue weighted by molar-refractivity contribution is 5.91. The van der Waals surface area contributed by atoms with Gasteiger partial charge in [0.25, 0.3) is 5.91 Å². The number of piperidine rings is 1. The summed E-state index contributed by atoms with van der Waals surface area (Å²) in [6.45, 7) is 4.50. The first-order valence-corrected chi connectivity index (χ1v) is 13.1. The molecule has 2 heterocycles. The van der Waals surface area contributed by atoms with E-state index in [-0.39, 0.29) is 29.4 Å². The average molecular weight is 539 g/mol. The lowest BCUT2D eigenvalue weighted by atomic mass is 9.97. The van der Waals surface area contributed by atoms with E-state index in [2.05, 4.69) is 4.90 Å². The summed E-state index contributed by atoms with van der Waals surface area (Å²) in [6.07, 6.45) is 1.15. The number of esters is 1. The van der Waals surface area contributed by atoms with Crippen molar-refractivity contribution >= 4 is 11.9 Å². The first-order chi connectivity index (χ1) is 18.9. The van der Waals surface area contributed by atoms with Crippen molar-refractivity contribution in [3.8, 4) is 11.5 Å². The second kappa shape index (κ2) is 13.3. The Labute approximate surface area is 228 Å². The lowest BCUT2D eigenvalue weighted by Crippen LogP contribution is -2.40. The fraction of sp³-hybridized carbons (Fsp3) is 0.400. The number of halogens is 1. The van der Waals surface area contributed by atoms with Gasteiger partial charge in [0, 0.05) is 26.2 Å². The molecule has 1 aromatic heterocycles.